The molecule has 0 bridgehead atoms. The molecule has 0 radical (unpaired) electrons. The predicted octanol–water partition coefficient (Wildman–Crippen LogP) is 2.98. The lowest BCUT2D eigenvalue weighted by molar-refractivity contribution is -0.154. The lowest BCUT2D eigenvalue weighted by Crippen LogP contribution is -2.42. The second kappa shape index (κ2) is 8.78. The highest BCUT2D eigenvalue weighted by Gasteiger charge is 2.25. The van der Waals surface area contributed by atoms with Gasteiger partial charge < -0.3 is 15.2 Å². The zero-order chi connectivity index (χ0) is 17.5. The lowest BCUT2D eigenvalue weighted by Gasteiger charge is -2.23. The Morgan fingerprint density at radius 3 is 2.46 bits per heavy atom. The highest BCUT2D eigenvalue weighted by molar-refractivity contribution is 7.80. The summed E-state index contributed by atoms with van der Waals surface area (Å²) in [4.78, 5) is 23.8. The average molecular weight is 349 g/mol. The number of ether oxygens (including phenoxy) is 1. The van der Waals surface area contributed by atoms with Crippen LogP contribution in [0.25, 0.3) is 0 Å². The third kappa shape index (κ3) is 5.60. The molecule has 0 unspecified atom stereocenters. The van der Waals surface area contributed by atoms with Crippen LogP contribution in [0.5, 0.6) is 0 Å². The van der Waals surface area contributed by atoms with Gasteiger partial charge >= 0.3 is 11.9 Å². The first-order chi connectivity index (χ1) is 11.5. The number of carboxylic acid groups (broad SMARTS) is 1. The normalized spacial score (nSPS) is 16.2. The number of aliphatic carboxylic acids is 1. The fourth-order valence-electron chi connectivity index (χ4n) is 2.73. The van der Waals surface area contributed by atoms with Crippen molar-refractivity contribution in [3.63, 3.8) is 0 Å². The molecule has 0 aliphatic heterocycles. The molecule has 5 nitrogen and oxygen atoms in total. The van der Waals surface area contributed by atoms with Crippen LogP contribution in [0.4, 0.5) is 0 Å². The van der Waals surface area contributed by atoms with Gasteiger partial charge in [-0.15, -0.1) is 0 Å². The molecule has 1 aromatic carbocycles. The molecule has 1 aromatic rings. The van der Waals surface area contributed by atoms with Crippen LogP contribution in [0.2, 0.25) is 0 Å². The van der Waals surface area contributed by atoms with Gasteiger partial charge in [0.2, 0.25) is 0 Å². The number of aryl methyl sites for hydroxylation is 1. The summed E-state index contributed by atoms with van der Waals surface area (Å²) in [5.74, 6) is -1.61. The van der Waals surface area contributed by atoms with Crippen molar-refractivity contribution in [2.75, 3.05) is 0 Å². The van der Waals surface area contributed by atoms with Crippen LogP contribution in [-0.2, 0) is 14.3 Å². The Morgan fingerprint density at radius 1 is 1.25 bits per heavy atom. The molecule has 1 saturated carbocycles. The molecular formula is C18H23NO4S. The first kappa shape index (κ1) is 18.4. The summed E-state index contributed by atoms with van der Waals surface area (Å²) in [6.07, 6.45) is 4.67. The van der Waals surface area contributed by atoms with Crippen molar-refractivity contribution in [3.8, 4) is 0 Å². The molecule has 130 valence electrons. The number of hydrogen-bond donors (Lipinski definition) is 2. The Balaban J connectivity index is 1.91. The van der Waals surface area contributed by atoms with Crippen LogP contribution < -0.4 is 5.32 Å². The number of carbonyl (C=O) groups is 2. The lowest BCUT2D eigenvalue weighted by atomic mass is 9.98. The molecule has 24 heavy (non-hydrogen) atoms. The highest BCUT2D eigenvalue weighted by Crippen LogP contribution is 2.20. The number of nitrogens with one attached hydrogen (secondary N) is 1. The molecule has 1 aliphatic carbocycles. The number of hydrogen-bond acceptors (Lipinski definition) is 4. The first-order valence-corrected chi connectivity index (χ1v) is 8.66. The van der Waals surface area contributed by atoms with E-state index < -0.39 is 18.0 Å². The Morgan fingerprint density at radius 2 is 1.88 bits per heavy atom. The highest BCUT2D eigenvalue weighted by atomic mass is 32.1. The maximum absolute atomic E-state index is 12.0. The number of benzene rings is 1. The summed E-state index contributed by atoms with van der Waals surface area (Å²) in [5.41, 5.74) is 1.81. The van der Waals surface area contributed by atoms with Gasteiger partial charge in [0.15, 0.2) is 0 Å². The minimum absolute atomic E-state index is 0.0789. The third-order valence-electron chi connectivity index (χ3n) is 4.14. The molecule has 0 amide bonds. The number of esters is 1. The SMILES string of the molecule is Cc1ccc(C(=S)N[C@@H](CC(=O)OC2CCCCC2)C(=O)O)cc1. The smallest absolute Gasteiger partial charge is 0.326 e. The van der Waals surface area contributed by atoms with Gasteiger partial charge in [-0.05, 0) is 32.6 Å². The van der Waals surface area contributed by atoms with Gasteiger partial charge in [-0.3, -0.25) is 4.79 Å². The quantitative estimate of drug-likeness (QED) is 0.607. The van der Waals surface area contributed by atoms with E-state index in [1.807, 2.05) is 31.2 Å². The van der Waals surface area contributed by atoms with Crippen molar-refractivity contribution < 1.29 is 19.4 Å². The van der Waals surface area contributed by atoms with Crippen molar-refractivity contribution in [2.45, 2.75) is 57.6 Å². The summed E-state index contributed by atoms with van der Waals surface area (Å²) in [6, 6.07) is 6.36. The monoisotopic (exact) mass is 349 g/mol. The fourth-order valence-corrected chi connectivity index (χ4v) is 3.01. The van der Waals surface area contributed by atoms with E-state index in [0.29, 0.717) is 4.99 Å². The second-order valence-corrected chi connectivity index (χ2v) is 6.59. The van der Waals surface area contributed by atoms with E-state index >= 15 is 0 Å². The Hall–Kier alpha value is -1.95. The fraction of sp³-hybridized carbons (Fsp3) is 0.500. The Labute approximate surface area is 147 Å². The third-order valence-corrected chi connectivity index (χ3v) is 4.49. The zero-order valence-electron chi connectivity index (χ0n) is 13.8. The zero-order valence-corrected chi connectivity index (χ0v) is 14.6. The van der Waals surface area contributed by atoms with E-state index in [2.05, 4.69) is 5.32 Å². The number of carboxylic acids is 1. The molecule has 2 rings (SSSR count). The molecule has 0 heterocycles. The van der Waals surface area contributed by atoms with Gasteiger partial charge in [0.05, 0.1) is 6.42 Å². The molecule has 1 fully saturated rings. The summed E-state index contributed by atoms with van der Waals surface area (Å²) in [5, 5.41) is 12.1. The molecule has 0 spiro atoms. The standard InChI is InChI=1S/C18H23NO4S/c1-12-7-9-13(10-8-12)17(24)19-15(18(21)22)11-16(20)23-14-5-3-2-4-6-14/h7-10,14-15H,2-6,11H2,1H3,(H,19,24)(H,21,22)/t15-/m0/s1. The maximum atomic E-state index is 12.0. The Kier molecular flexibility index (Phi) is 6.73. The van der Waals surface area contributed by atoms with E-state index in [0.717, 1.165) is 43.2 Å². The maximum Gasteiger partial charge on any atom is 0.326 e. The van der Waals surface area contributed by atoms with E-state index in [4.69, 9.17) is 17.0 Å². The van der Waals surface area contributed by atoms with E-state index in [9.17, 15) is 14.7 Å². The van der Waals surface area contributed by atoms with Gasteiger partial charge in [0, 0.05) is 5.56 Å². The van der Waals surface area contributed by atoms with Crippen LogP contribution in [0, 0.1) is 6.92 Å². The van der Waals surface area contributed by atoms with Crippen molar-refractivity contribution in [2.24, 2.45) is 0 Å². The van der Waals surface area contributed by atoms with Crippen LogP contribution in [-0.4, -0.2) is 34.2 Å². The Bertz CT molecular complexity index is 594. The average Bonchev–Trinajstić information content (AvgIpc) is 2.55. The van der Waals surface area contributed by atoms with E-state index in [1.165, 1.54) is 0 Å². The molecule has 0 aromatic heterocycles. The summed E-state index contributed by atoms with van der Waals surface area (Å²) < 4.78 is 5.39. The second-order valence-electron chi connectivity index (χ2n) is 6.18. The van der Waals surface area contributed by atoms with Gasteiger partial charge in [0.25, 0.3) is 0 Å². The summed E-state index contributed by atoms with van der Waals surface area (Å²) >= 11 is 5.25. The topological polar surface area (TPSA) is 75.6 Å². The first-order valence-electron chi connectivity index (χ1n) is 8.25. The minimum Gasteiger partial charge on any atom is -0.480 e. The van der Waals surface area contributed by atoms with E-state index in [1.54, 1.807) is 0 Å². The molecule has 2 N–H and O–H groups in total. The number of carbonyl (C=O) groups excluding carboxylic acids is 1. The van der Waals surface area contributed by atoms with Crippen LogP contribution >= 0.6 is 12.2 Å². The van der Waals surface area contributed by atoms with Gasteiger partial charge in [-0.1, -0.05) is 48.5 Å². The van der Waals surface area contributed by atoms with E-state index in [-0.39, 0.29) is 12.5 Å². The minimum atomic E-state index is -1.12. The van der Waals surface area contributed by atoms with Gasteiger partial charge in [0.1, 0.15) is 17.1 Å². The van der Waals surface area contributed by atoms with Gasteiger partial charge in [-0.2, -0.15) is 0 Å². The molecular weight excluding hydrogens is 326 g/mol. The molecule has 0 saturated heterocycles. The van der Waals surface area contributed by atoms with Crippen LogP contribution in [0.15, 0.2) is 24.3 Å². The van der Waals surface area contributed by atoms with Crippen molar-refractivity contribution in [1.29, 1.82) is 0 Å². The van der Waals surface area contributed by atoms with Crippen molar-refractivity contribution in [3.05, 3.63) is 35.4 Å². The summed E-state index contributed by atoms with van der Waals surface area (Å²) in [6.45, 7) is 1.96. The number of rotatable bonds is 6. The molecule has 1 atom stereocenters. The largest absolute Gasteiger partial charge is 0.480 e. The van der Waals surface area contributed by atoms with Crippen molar-refractivity contribution in [1.82, 2.24) is 5.32 Å². The van der Waals surface area contributed by atoms with Gasteiger partial charge in [-0.25, -0.2) is 4.79 Å². The van der Waals surface area contributed by atoms with Crippen LogP contribution in [0.3, 0.4) is 0 Å². The summed E-state index contributed by atoms with van der Waals surface area (Å²) in [7, 11) is 0. The molecule has 1 aliphatic rings. The van der Waals surface area contributed by atoms with Crippen LogP contribution in [0.1, 0.15) is 49.7 Å². The number of thiocarbonyl (C=S) groups is 1. The predicted molar refractivity (Wildman–Crippen MR) is 95.0 cm³/mol. The molecule has 6 heteroatoms. The van der Waals surface area contributed by atoms with Crippen molar-refractivity contribution >= 4 is 29.1 Å².